The summed E-state index contributed by atoms with van der Waals surface area (Å²) in [5.41, 5.74) is 3.94. The molecule has 3 heteroatoms. The minimum Gasteiger partial charge on any atom is -0.380 e. The quantitative estimate of drug-likeness (QED) is 0.734. The number of ether oxygens (including phenoxy) is 1. The molecule has 0 unspecified atom stereocenters. The first kappa shape index (κ1) is 14.0. The fourth-order valence-corrected chi connectivity index (χ4v) is 1.78. The molecule has 1 aromatic carbocycles. The van der Waals surface area contributed by atoms with Crippen LogP contribution in [0.15, 0.2) is 18.2 Å². The topological polar surface area (TPSA) is 24.5 Å². The van der Waals surface area contributed by atoms with Gasteiger partial charge in [-0.15, -0.1) is 0 Å². The van der Waals surface area contributed by atoms with E-state index < -0.39 is 0 Å². The largest absolute Gasteiger partial charge is 0.380 e. The van der Waals surface area contributed by atoms with Crippen LogP contribution in [0.1, 0.15) is 18.1 Å². The van der Waals surface area contributed by atoms with Crippen LogP contribution in [0, 0.1) is 6.92 Å². The van der Waals surface area contributed by atoms with Gasteiger partial charge in [0.2, 0.25) is 0 Å². The molecule has 0 atom stereocenters. The molecule has 0 amide bonds. The van der Waals surface area contributed by atoms with Gasteiger partial charge in [0, 0.05) is 32.4 Å². The lowest BCUT2D eigenvalue weighted by Gasteiger charge is -2.20. The van der Waals surface area contributed by atoms with Crippen molar-refractivity contribution in [2.45, 2.75) is 20.4 Å². The van der Waals surface area contributed by atoms with Crippen molar-refractivity contribution in [3.05, 3.63) is 29.3 Å². The maximum Gasteiger partial charge on any atom is 0.0641 e. The molecule has 0 saturated carbocycles. The van der Waals surface area contributed by atoms with Crippen LogP contribution in [0.2, 0.25) is 0 Å². The first-order valence-electron chi connectivity index (χ1n) is 6.22. The monoisotopic (exact) mass is 236 g/mol. The zero-order chi connectivity index (χ0) is 12.7. The molecule has 0 aliphatic rings. The number of rotatable bonds is 7. The summed E-state index contributed by atoms with van der Waals surface area (Å²) in [6.45, 7) is 7.61. The van der Waals surface area contributed by atoms with Crippen molar-refractivity contribution in [2.24, 2.45) is 0 Å². The van der Waals surface area contributed by atoms with Crippen LogP contribution in [0.4, 0.5) is 5.69 Å². The van der Waals surface area contributed by atoms with Crippen molar-refractivity contribution in [3.8, 4) is 0 Å². The highest BCUT2D eigenvalue weighted by atomic mass is 16.5. The molecule has 0 bridgehead atoms. The van der Waals surface area contributed by atoms with Crippen LogP contribution in [-0.2, 0) is 11.3 Å². The summed E-state index contributed by atoms with van der Waals surface area (Å²) < 4.78 is 5.37. The van der Waals surface area contributed by atoms with E-state index in [9.17, 15) is 0 Å². The maximum atomic E-state index is 5.37. The van der Waals surface area contributed by atoms with Crippen LogP contribution in [0.5, 0.6) is 0 Å². The molecule has 96 valence electrons. The lowest BCUT2D eigenvalue weighted by Crippen LogP contribution is -2.22. The molecule has 0 spiro atoms. The molecular formula is C14H24N2O. The van der Waals surface area contributed by atoms with Crippen molar-refractivity contribution >= 4 is 5.69 Å². The molecule has 0 aliphatic heterocycles. The number of aryl methyl sites for hydroxylation is 1. The molecule has 0 aromatic heterocycles. The first-order valence-corrected chi connectivity index (χ1v) is 6.22. The number of anilines is 1. The molecule has 1 N–H and O–H groups in total. The minimum absolute atomic E-state index is 0.782. The Kier molecular flexibility index (Phi) is 6.01. The predicted molar refractivity (Wildman–Crippen MR) is 73.7 cm³/mol. The maximum absolute atomic E-state index is 5.37. The van der Waals surface area contributed by atoms with Gasteiger partial charge in [0.05, 0.1) is 6.61 Å². The fourth-order valence-electron chi connectivity index (χ4n) is 1.78. The molecular weight excluding hydrogens is 212 g/mol. The first-order chi connectivity index (χ1) is 8.19. The van der Waals surface area contributed by atoms with Gasteiger partial charge in [-0.1, -0.05) is 6.07 Å². The van der Waals surface area contributed by atoms with Gasteiger partial charge in [0.15, 0.2) is 0 Å². The van der Waals surface area contributed by atoms with Crippen LogP contribution < -0.4 is 10.2 Å². The molecule has 0 saturated heterocycles. The van der Waals surface area contributed by atoms with E-state index in [1.54, 1.807) is 0 Å². The summed E-state index contributed by atoms with van der Waals surface area (Å²) in [7, 11) is 4.08. The predicted octanol–water partition coefficient (Wildman–Crippen LogP) is 2.19. The molecule has 0 radical (unpaired) electrons. The third kappa shape index (κ3) is 4.36. The molecule has 0 heterocycles. The van der Waals surface area contributed by atoms with Crippen LogP contribution in [-0.4, -0.2) is 33.9 Å². The number of nitrogens with one attached hydrogen (secondary N) is 1. The molecule has 17 heavy (non-hydrogen) atoms. The Bertz CT molecular complexity index is 339. The van der Waals surface area contributed by atoms with Crippen LogP contribution in [0.3, 0.4) is 0 Å². The Morgan fingerprint density at radius 1 is 1.35 bits per heavy atom. The third-order valence-corrected chi connectivity index (χ3v) is 2.91. The van der Waals surface area contributed by atoms with E-state index in [0.29, 0.717) is 0 Å². The summed E-state index contributed by atoms with van der Waals surface area (Å²) in [6, 6.07) is 6.60. The molecule has 1 rings (SSSR count). The summed E-state index contributed by atoms with van der Waals surface area (Å²) >= 11 is 0. The van der Waals surface area contributed by atoms with Gasteiger partial charge >= 0.3 is 0 Å². The van der Waals surface area contributed by atoms with Gasteiger partial charge in [-0.05, 0) is 44.2 Å². The molecule has 0 aliphatic carbocycles. The normalized spacial score (nSPS) is 10.6. The highest BCUT2D eigenvalue weighted by molar-refractivity contribution is 5.50. The zero-order valence-corrected chi connectivity index (χ0v) is 11.4. The Morgan fingerprint density at radius 3 is 2.71 bits per heavy atom. The molecule has 0 fully saturated rings. The van der Waals surface area contributed by atoms with Crippen molar-refractivity contribution in [2.75, 3.05) is 38.8 Å². The zero-order valence-electron chi connectivity index (χ0n) is 11.4. The van der Waals surface area contributed by atoms with Gasteiger partial charge in [-0.3, -0.25) is 0 Å². The minimum atomic E-state index is 0.782. The van der Waals surface area contributed by atoms with Gasteiger partial charge < -0.3 is 15.0 Å². The highest BCUT2D eigenvalue weighted by Crippen LogP contribution is 2.18. The van der Waals surface area contributed by atoms with E-state index in [1.807, 2.05) is 14.0 Å². The Balaban J connectivity index is 2.62. The van der Waals surface area contributed by atoms with Gasteiger partial charge in [0.25, 0.3) is 0 Å². The highest BCUT2D eigenvalue weighted by Gasteiger charge is 2.03. The Hall–Kier alpha value is -1.06. The Morgan fingerprint density at radius 2 is 2.12 bits per heavy atom. The number of hydrogen-bond acceptors (Lipinski definition) is 3. The second-order valence-electron chi connectivity index (χ2n) is 4.26. The van der Waals surface area contributed by atoms with E-state index in [2.05, 4.69) is 42.4 Å². The average Bonchev–Trinajstić information content (AvgIpc) is 2.32. The van der Waals surface area contributed by atoms with Crippen molar-refractivity contribution in [1.29, 1.82) is 0 Å². The summed E-state index contributed by atoms with van der Waals surface area (Å²) in [6.07, 6.45) is 0. The number of likely N-dealkylation sites (N-methyl/N-ethyl adjacent to an activating group) is 1. The van der Waals surface area contributed by atoms with E-state index in [1.165, 1.54) is 16.8 Å². The standard InChI is InChI=1S/C14H24N2O/c1-5-17-9-8-16(4)14-7-6-13(11-15-3)12(2)10-14/h6-7,10,15H,5,8-9,11H2,1-4H3. The number of nitrogens with zero attached hydrogens (tertiary/aromatic N) is 1. The molecule has 3 nitrogen and oxygen atoms in total. The fraction of sp³-hybridized carbons (Fsp3) is 0.571. The summed E-state index contributed by atoms with van der Waals surface area (Å²) in [5.74, 6) is 0. The Labute approximate surface area is 105 Å². The third-order valence-electron chi connectivity index (χ3n) is 2.91. The van der Waals surface area contributed by atoms with E-state index in [4.69, 9.17) is 4.74 Å². The van der Waals surface area contributed by atoms with E-state index >= 15 is 0 Å². The van der Waals surface area contributed by atoms with Gasteiger partial charge in [-0.25, -0.2) is 0 Å². The van der Waals surface area contributed by atoms with Crippen LogP contribution in [0.25, 0.3) is 0 Å². The van der Waals surface area contributed by atoms with Gasteiger partial charge in [-0.2, -0.15) is 0 Å². The average molecular weight is 236 g/mol. The van der Waals surface area contributed by atoms with E-state index in [-0.39, 0.29) is 0 Å². The van der Waals surface area contributed by atoms with Gasteiger partial charge in [0.1, 0.15) is 0 Å². The van der Waals surface area contributed by atoms with Crippen molar-refractivity contribution in [3.63, 3.8) is 0 Å². The second kappa shape index (κ2) is 7.30. The second-order valence-corrected chi connectivity index (χ2v) is 4.26. The number of benzene rings is 1. The smallest absolute Gasteiger partial charge is 0.0641 e. The lowest BCUT2D eigenvalue weighted by atomic mass is 10.1. The van der Waals surface area contributed by atoms with Crippen molar-refractivity contribution in [1.82, 2.24) is 5.32 Å². The van der Waals surface area contributed by atoms with Crippen LogP contribution >= 0.6 is 0 Å². The van der Waals surface area contributed by atoms with Crippen molar-refractivity contribution < 1.29 is 4.74 Å². The summed E-state index contributed by atoms with van der Waals surface area (Å²) in [5, 5.41) is 3.18. The SMILES string of the molecule is CCOCCN(C)c1ccc(CNC)c(C)c1. The summed E-state index contributed by atoms with van der Waals surface area (Å²) in [4.78, 5) is 2.23. The molecule has 1 aromatic rings. The van der Waals surface area contributed by atoms with E-state index in [0.717, 1.165) is 26.3 Å². The lowest BCUT2D eigenvalue weighted by molar-refractivity contribution is 0.154. The number of hydrogen-bond donors (Lipinski definition) is 1.